The zero-order valence-corrected chi connectivity index (χ0v) is 13.5. The minimum absolute atomic E-state index is 0.0481. The van der Waals surface area contributed by atoms with Crippen molar-refractivity contribution in [3.8, 4) is 10.6 Å². The van der Waals surface area contributed by atoms with E-state index in [0.717, 1.165) is 17.7 Å². The van der Waals surface area contributed by atoms with Crippen LogP contribution in [0.3, 0.4) is 0 Å². The minimum atomic E-state index is -0.138. The summed E-state index contributed by atoms with van der Waals surface area (Å²) in [7, 11) is 0. The van der Waals surface area contributed by atoms with E-state index in [1.54, 1.807) is 30.0 Å². The number of carbonyl (C=O) groups is 2. The van der Waals surface area contributed by atoms with Gasteiger partial charge >= 0.3 is 6.41 Å². The highest BCUT2D eigenvalue weighted by Gasteiger charge is 2.35. The molecule has 24 heavy (non-hydrogen) atoms. The molecule has 0 fully saturated rings. The molecule has 0 aromatic carbocycles. The highest BCUT2D eigenvalue weighted by molar-refractivity contribution is 7.13. The SMILES string of the molecule is O=C[n+]1c(C(=O)C2=CNC3=CCC=CC32)csc1-c1cccnc1. The Bertz CT molecular complexity index is 910. The predicted octanol–water partition coefficient (Wildman–Crippen LogP) is 2.27. The van der Waals surface area contributed by atoms with E-state index in [-0.39, 0.29) is 11.7 Å². The molecule has 0 radical (unpaired) electrons. The molecule has 2 aromatic rings. The van der Waals surface area contributed by atoms with Gasteiger partial charge in [0.15, 0.2) is 0 Å². The van der Waals surface area contributed by atoms with Crippen molar-refractivity contribution in [3.63, 3.8) is 0 Å². The average molecular weight is 336 g/mol. The summed E-state index contributed by atoms with van der Waals surface area (Å²) in [6.07, 6.45) is 12.8. The molecule has 5 nitrogen and oxygen atoms in total. The third-order valence-corrected chi connectivity index (χ3v) is 5.13. The van der Waals surface area contributed by atoms with Crippen molar-refractivity contribution >= 4 is 23.5 Å². The van der Waals surface area contributed by atoms with Gasteiger partial charge in [0.2, 0.25) is 0 Å². The first kappa shape index (κ1) is 14.7. The first-order chi connectivity index (χ1) is 11.8. The zero-order chi connectivity index (χ0) is 16.5. The van der Waals surface area contributed by atoms with Crippen molar-refractivity contribution in [2.24, 2.45) is 5.92 Å². The summed E-state index contributed by atoms with van der Waals surface area (Å²) in [6, 6.07) is 3.67. The fourth-order valence-electron chi connectivity index (χ4n) is 2.96. The van der Waals surface area contributed by atoms with Crippen LogP contribution in [0.1, 0.15) is 16.9 Å². The lowest BCUT2D eigenvalue weighted by Crippen LogP contribution is -2.40. The van der Waals surface area contributed by atoms with Crippen molar-refractivity contribution in [1.82, 2.24) is 10.3 Å². The van der Waals surface area contributed by atoms with E-state index < -0.39 is 0 Å². The molecule has 2 aromatic heterocycles. The Balaban J connectivity index is 1.73. The molecule has 0 saturated carbocycles. The van der Waals surface area contributed by atoms with Gasteiger partial charge in [-0.15, -0.1) is 4.57 Å². The van der Waals surface area contributed by atoms with Gasteiger partial charge in [0, 0.05) is 35.8 Å². The summed E-state index contributed by atoms with van der Waals surface area (Å²) in [6.45, 7) is 0. The largest absolute Gasteiger partial charge is 0.382 e. The van der Waals surface area contributed by atoms with Crippen LogP contribution in [-0.4, -0.2) is 17.2 Å². The predicted molar refractivity (Wildman–Crippen MR) is 90.8 cm³/mol. The van der Waals surface area contributed by atoms with Gasteiger partial charge in [-0.05, 0) is 18.6 Å². The topological polar surface area (TPSA) is 62.9 Å². The van der Waals surface area contributed by atoms with E-state index in [1.807, 2.05) is 18.2 Å². The highest BCUT2D eigenvalue weighted by atomic mass is 32.1. The molecular weight excluding hydrogens is 322 g/mol. The Hall–Kier alpha value is -2.86. The molecular formula is C18H14N3O2S+. The van der Waals surface area contributed by atoms with Crippen molar-refractivity contribution in [2.45, 2.75) is 6.42 Å². The van der Waals surface area contributed by atoms with Crippen molar-refractivity contribution in [3.05, 3.63) is 71.3 Å². The molecule has 6 heteroatoms. The molecule has 0 saturated heterocycles. The fourth-order valence-corrected chi connectivity index (χ4v) is 3.92. The van der Waals surface area contributed by atoms with Crippen LogP contribution in [0, 0.1) is 5.92 Å². The number of Topliss-reactive ketones (excluding diaryl/α,β-unsaturated/α-hetero) is 1. The number of rotatable bonds is 4. The maximum atomic E-state index is 13.0. The van der Waals surface area contributed by atoms with Gasteiger partial charge in [0.1, 0.15) is 0 Å². The Morgan fingerprint density at radius 1 is 1.46 bits per heavy atom. The Labute approximate surface area is 142 Å². The number of thiazole rings is 1. The molecule has 1 atom stereocenters. The van der Waals surface area contributed by atoms with Crippen LogP contribution in [0.15, 0.2) is 65.6 Å². The van der Waals surface area contributed by atoms with Crippen LogP contribution in [0.4, 0.5) is 0 Å². The van der Waals surface area contributed by atoms with Gasteiger partial charge < -0.3 is 5.32 Å². The number of allylic oxidation sites excluding steroid dienone is 3. The van der Waals surface area contributed by atoms with Gasteiger partial charge in [0.05, 0.1) is 10.9 Å². The normalized spacial score (nSPS) is 18.4. The molecule has 1 aliphatic heterocycles. The van der Waals surface area contributed by atoms with Crippen molar-refractivity contribution in [2.75, 3.05) is 0 Å². The standard InChI is InChI=1S/C18H13N3O2S/c22-11-21-16(10-24-18(21)12-4-3-7-19-8-12)17(23)14-9-20-15-6-2-1-5-13(14)15/h1,3-11,13H,2H2/p+1. The maximum Gasteiger partial charge on any atom is 0.382 e. The first-order valence-corrected chi connectivity index (χ1v) is 8.44. The fraction of sp³-hybridized carbons (Fsp3) is 0.111. The van der Waals surface area contributed by atoms with E-state index in [0.29, 0.717) is 22.7 Å². The average Bonchev–Trinajstić information content (AvgIpc) is 3.26. The molecule has 2 aliphatic rings. The third kappa shape index (κ3) is 2.32. The second kappa shape index (κ2) is 5.98. The van der Waals surface area contributed by atoms with E-state index in [2.05, 4.69) is 16.4 Å². The van der Waals surface area contributed by atoms with Crippen LogP contribution in [-0.2, 0) is 4.79 Å². The van der Waals surface area contributed by atoms with E-state index in [4.69, 9.17) is 0 Å². The monoisotopic (exact) mass is 336 g/mol. The van der Waals surface area contributed by atoms with E-state index in [9.17, 15) is 9.59 Å². The van der Waals surface area contributed by atoms with Crippen LogP contribution in [0.25, 0.3) is 10.6 Å². The number of aromatic nitrogens is 2. The van der Waals surface area contributed by atoms with Crippen LogP contribution < -0.4 is 9.88 Å². The maximum absolute atomic E-state index is 13.0. The second-order valence-electron chi connectivity index (χ2n) is 5.52. The van der Waals surface area contributed by atoms with Crippen molar-refractivity contribution < 1.29 is 14.2 Å². The summed E-state index contributed by atoms with van der Waals surface area (Å²) in [5.41, 5.74) is 2.87. The number of carbonyl (C=O) groups excluding carboxylic acids is 2. The van der Waals surface area contributed by atoms with E-state index in [1.165, 1.54) is 15.9 Å². The third-order valence-electron chi connectivity index (χ3n) is 4.14. The van der Waals surface area contributed by atoms with E-state index >= 15 is 0 Å². The first-order valence-electron chi connectivity index (χ1n) is 7.56. The summed E-state index contributed by atoms with van der Waals surface area (Å²) in [4.78, 5) is 28.7. The number of nitrogens with zero attached hydrogens (tertiary/aromatic N) is 2. The zero-order valence-electron chi connectivity index (χ0n) is 12.7. The number of nitrogens with one attached hydrogen (secondary N) is 1. The number of pyridine rings is 1. The molecule has 0 bridgehead atoms. The Morgan fingerprint density at radius 3 is 3.17 bits per heavy atom. The van der Waals surface area contributed by atoms with Gasteiger partial charge in [-0.25, -0.2) is 4.79 Å². The molecule has 0 amide bonds. The molecule has 4 rings (SSSR count). The Kier molecular flexibility index (Phi) is 3.66. The smallest absolute Gasteiger partial charge is 0.364 e. The molecule has 1 unspecified atom stereocenters. The number of hydrogen-bond acceptors (Lipinski definition) is 5. The van der Waals surface area contributed by atoms with Gasteiger partial charge in [0.25, 0.3) is 16.5 Å². The summed E-state index contributed by atoms with van der Waals surface area (Å²) < 4.78 is 1.40. The van der Waals surface area contributed by atoms with Crippen LogP contribution in [0.2, 0.25) is 0 Å². The second-order valence-corrected chi connectivity index (χ2v) is 6.38. The highest BCUT2D eigenvalue weighted by Crippen LogP contribution is 2.31. The molecule has 1 N–H and O–H groups in total. The number of ketones is 1. The van der Waals surface area contributed by atoms with Gasteiger partial charge in [-0.3, -0.25) is 9.78 Å². The van der Waals surface area contributed by atoms with Crippen LogP contribution in [0.5, 0.6) is 0 Å². The molecule has 3 heterocycles. The number of fused-ring (bicyclic) bond motifs is 1. The van der Waals surface area contributed by atoms with Gasteiger partial charge in [-0.2, -0.15) is 0 Å². The molecule has 118 valence electrons. The molecule has 0 spiro atoms. The summed E-state index contributed by atoms with van der Waals surface area (Å²) >= 11 is 1.36. The lowest BCUT2D eigenvalue weighted by atomic mass is 9.91. The quantitative estimate of drug-likeness (QED) is 0.403. The minimum Gasteiger partial charge on any atom is -0.364 e. The lowest BCUT2D eigenvalue weighted by Gasteiger charge is -2.13. The van der Waals surface area contributed by atoms with Crippen molar-refractivity contribution in [1.29, 1.82) is 0 Å². The Morgan fingerprint density at radius 2 is 2.38 bits per heavy atom. The molecule has 1 aliphatic carbocycles. The van der Waals surface area contributed by atoms with Gasteiger partial charge in [-0.1, -0.05) is 29.6 Å². The lowest BCUT2D eigenvalue weighted by molar-refractivity contribution is -0.537. The van der Waals surface area contributed by atoms with Crippen LogP contribution >= 0.6 is 11.3 Å². The summed E-state index contributed by atoms with van der Waals surface area (Å²) in [5.74, 6) is -0.186. The summed E-state index contributed by atoms with van der Waals surface area (Å²) in [5, 5.41) is 5.59. The number of hydrogen-bond donors (Lipinski definition) is 1.